The number of fused-ring (bicyclic) bond motifs is 1. The lowest BCUT2D eigenvalue weighted by Gasteiger charge is -2.37. The molecule has 1 aromatic carbocycles. The quantitative estimate of drug-likeness (QED) is 0.565. The van der Waals surface area contributed by atoms with Crippen LogP contribution < -0.4 is 4.74 Å². The molecule has 0 saturated heterocycles. The van der Waals surface area contributed by atoms with E-state index in [1.165, 1.54) is 22.4 Å². The van der Waals surface area contributed by atoms with E-state index in [1.807, 2.05) is 25.9 Å². The molecule has 10 heteroatoms. The van der Waals surface area contributed by atoms with Gasteiger partial charge in [0.1, 0.15) is 23.4 Å². The Morgan fingerprint density at radius 1 is 1.36 bits per heavy atom. The highest BCUT2D eigenvalue weighted by Crippen LogP contribution is 2.34. The van der Waals surface area contributed by atoms with E-state index < -0.39 is 22.2 Å². The van der Waals surface area contributed by atoms with Crippen molar-refractivity contribution >= 4 is 15.9 Å². The molecule has 1 aliphatic rings. The van der Waals surface area contributed by atoms with Gasteiger partial charge in [0.15, 0.2) is 0 Å². The fraction of sp³-hybridized carbons (Fsp3) is 0.609. The van der Waals surface area contributed by atoms with Gasteiger partial charge in [0.2, 0.25) is 15.9 Å². The smallest absolute Gasteiger partial charge is 0.248 e. The van der Waals surface area contributed by atoms with Gasteiger partial charge >= 0.3 is 0 Å². The number of hydrogen-bond acceptors (Lipinski definition) is 7. The first kappa shape index (κ1) is 27.1. The summed E-state index contributed by atoms with van der Waals surface area (Å²) in [6.07, 6.45) is -0.483. The molecule has 9 nitrogen and oxygen atoms in total. The molecule has 3 atom stereocenters. The van der Waals surface area contributed by atoms with Crippen molar-refractivity contribution in [3.8, 4) is 17.6 Å². The first-order chi connectivity index (χ1) is 15.5. The molecule has 0 radical (unpaired) electrons. The summed E-state index contributed by atoms with van der Waals surface area (Å²) < 4.78 is 39.4. The van der Waals surface area contributed by atoms with Crippen molar-refractivity contribution in [2.24, 2.45) is 5.92 Å². The maximum Gasteiger partial charge on any atom is 0.248 e. The number of benzene rings is 1. The molecular formula is C23H35N3O6S. The first-order valence-electron chi connectivity index (χ1n) is 10.8. The molecule has 0 saturated carbocycles. The maximum atomic E-state index is 13.5. The van der Waals surface area contributed by atoms with Crippen molar-refractivity contribution < 1.29 is 27.8 Å². The molecule has 1 aliphatic heterocycles. The minimum atomic E-state index is -3.92. The number of carbonyl (C=O) groups is 1. The van der Waals surface area contributed by atoms with Crippen molar-refractivity contribution in [1.82, 2.24) is 14.1 Å². The van der Waals surface area contributed by atoms with Gasteiger partial charge in [-0.1, -0.05) is 18.8 Å². The molecule has 1 amide bonds. The van der Waals surface area contributed by atoms with Crippen LogP contribution in [0, 0.1) is 17.8 Å². The number of carbonyl (C=O) groups excluding carboxylic acids is 1. The number of aliphatic hydroxyl groups excluding tert-OH is 1. The molecule has 0 unspecified atom stereocenters. The van der Waals surface area contributed by atoms with E-state index in [2.05, 4.69) is 11.8 Å². The number of sulfonamides is 1. The van der Waals surface area contributed by atoms with E-state index in [0.717, 1.165) is 0 Å². The van der Waals surface area contributed by atoms with Crippen LogP contribution in [0.5, 0.6) is 5.75 Å². The Labute approximate surface area is 197 Å². The minimum absolute atomic E-state index is 0.0173. The van der Waals surface area contributed by atoms with Crippen LogP contribution in [0.3, 0.4) is 0 Å². The van der Waals surface area contributed by atoms with Gasteiger partial charge in [-0.15, -0.1) is 0 Å². The van der Waals surface area contributed by atoms with Gasteiger partial charge in [0.25, 0.3) is 0 Å². The van der Waals surface area contributed by atoms with Crippen molar-refractivity contribution in [2.45, 2.75) is 30.9 Å². The van der Waals surface area contributed by atoms with E-state index in [9.17, 15) is 18.3 Å². The lowest BCUT2D eigenvalue weighted by atomic mass is 10.0. The lowest BCUT2D eigenvalue weighted by molar-refractivity contribution is -0.135. The molecule has 0 bridgehead atoms. The van der Waals surface area contributed by atoms with Gasteiger partial charge in [-0.25, -0.2) is 8.42 Å². The second-order valence-corrected chi connectivity index (χ2v) is 10.5. The normalized spacial score (nSPS) is 21.1. The third kappa shape index (κ3) is 6.91. The highest BCUT2D eigenvalue weighted by molar-refractivity contribution is 7.89. The first-order valence-corrected chi connectivity index (χ1v) is 12.2. The SMILES string of the molecule is COCC(=O)N(C)C[C@H]1Oc2cc(C#CCN(C)C)ccc2S(=O)(=O)N([C@@H](C)CO)C[C@@H]1C. The molecule has 0 aliphatic carbocycles. The third-order valence-corrected chi connectivity index (χ3v) is 7.46. The fourth-order valence-corrected chi connectivity index (χ4v) is 5.25. The van der Waals surface area contributed by atoms with Crippen LogP contribution in [0.4, 0.5) is 0 Å². The van der Waals surface area contributed by atoms with Gasteiger partial charge in [0, 0.05) is 38.2 Å². The average molecular weight is 482 g/mol. The van der Waals surface area contributed by atoms with Gasteiger partial charge in [0.05, 0.1) is 19.7 Å². The van der Waals surface area contributed by atoms with Gasteiger partial charge < -0.3 is 19.5 Å². The summed E-state index contributed by atoms with van der Waals surface area (Å²) in [7, 11) is 3.01. The second-order valence-electron chi connectivity index (χ2n) is 8.65. The Morgan fingerprint density at radius 2 is 2.06 bits per heavy atom. The van der Waals surface area contributed by atoms with Crippen LogP contribution in [0.2, 0.25) is 0 Å². The Hall–Kier alpha value is -2.16. The Balaban J connectivity index is 2.52. The predicted molar refractivity (Wildman–Crippen MR) is 125 cm³/mol. The van der Waals surface area contributed by atoms with Gasteiger partial charge in [-0.3, -0.25) is 9.69 Å². The van der Waals surface area contributed by atoms with E-state index in [1.54, 1.807) is 26.1 Å². The van der Waals surface area contributed by atoms with Crippen LogP contribution in [-0.2, 0) is 19.6 Å². The summed E-state index contributed by atoms with van der Waals surface area (Å²) in [6, 6.07) is 4.16. The van der Waals surface area contributed by atoms with Crippen LogP contribution in [0.15, 0.2) is 23.1 Å². The summed E-state index contributed by atoms with van der Waals surface area (Å²) in [4.78, 5) is 15.7. The van der Waals surface area contributed by atoms with Crippen molar-refractivity contribution in [3.05, 3.63) is 23.8 Å². The van der Waals surface area contributed by atoms with Crippen LogP contribution in [0.25, 0.3) is 0 Å². The maximum absolute atomic E-state index is 13.5. The molecule has 0 aromatic heterocycles. The zero-order valence-electron chi connectivity index (χ0n) is 20.2. The lowest BCUT2D eigenvalue weighted by Crippen LogP contribution is -2.50. The molecule has 1 heterocycles. The molecule has 184 valence electrons. The third-order valence-electron chi connectivity index (χ3n) is 5.44. The summed E-state index contributed by atoms with van der Waals surface area (Å²) >= 11 is 0. The molecule has 2 rings (SSSR count). The van der Waals surface area contributed by atoms with Crippen LogP contribution in [0.1, 0.15) is 19.4 Å². The highest BCUT2D eigenvalue weighted by atomic mass is 32.2. The van der Waals surface area contributed by atoms with Crippen molar-refractivity contribution in [1.29, 1.82) is 0 Å². The number of amides is 1. The van der Waals surface area contributed by atoms with E-state index in [-0.39, 0.29) is 48.8 Å². The Morgan fingerprint density at radius 3 is 2.67 bits per heavy atom. The molecule has 1 aromatic rings. The zero-order chi connectivity index (χ0) is 24.8. The Kier molecular flexibility index (Phi) is 9.70. The molecular weight excluding hydrogens is 446 g/mol. The number of likely N-dealkylation sites (N-methyl/N-ethyl adjacent to an activating group) is 1. The zero-order valence-corrected chi connectivity index (χ0v) is 21.1. The monoisotopic (exact) mass is 481 g/mol. The number of aliphatic hydroxyl groups is 1. The standard InChI is InChI=1S/C23H35N3O6S/c1-17-13-26(18(2)15-27)33(29,30)22-10-9-19(8-7-11-24(3)4)12-20(22)32-21(17)14-25(5)23(28)16-31-6/h9-10,12,17-18,21,27H,11,13-16H2,1-6H3/t17-,18-,21+/m0/s1. The van der Waals surface area contributed by atoms with E-state index in [4.69, 9.17) is 9.47 Å². The van der Waals surface area contributed by atoms with Gasteiger partial charge in [-0.05, 0) is 39.2 Å². The summed E-state index contributed by atoms with van der Waals surface area (Å²) in [5.74, 6) is 5.79. The second kappa shape index (κ2) is 11.8. The highest BCUT2D eigenvalue weighted by Gasteiger charge is 2.38. The number of ether oxygens (including phenoxy) is 2. The van der Waals surface area contributed by atoms with Gasteiger partial charge in [-0.2, -0.15) is 4.31 Å². The summed E-state index contributed by atoms with van der Waals surface area (Å²) in [5.41, 5.74) is 0.628. The van der Waals surface area contributed by atoms with E-state index in [0.29, 0.717) is 12.1 Å². The van der Waals surface area contributed by atoms with Crippen LogP contribution >= 0.6 is 0 Å². The number of hydrogen-bond donors (Lipinski definition) is 1. The van der Waals surface area contributed by atoms with Crippen molar-refractivity contribution in [2.75, 3.05) is 61.1 Å². The minimum Gasteiger partial charge on any atom is -0.487 e. The topological polar surface area (TPSA) is 99.6 Å². The molecule has 1 N–H and O–H groups in total. The van der Waals surface area contributed by atoms with Crippen LogP contribution in [-0.4, -0.2) is 107 Å². The number of nitrogens with zero attached hydrogens (tertiary/aromatic N) is 3. The predicted octanol–water partition coefficient (Wildman–Crippen LogP) is 0.473. The fourth-order valence-electron chi connectivity index (χ4n) is 3.43. The largest absolute Gasteiger partial charge is 0.487 e. The number of methoxy groups -OCH3 is 1. The summed E-state index contributed by atoms with van der Waals surface area (Å²) in [5, 5.41) is 9.72. The Bertz CT molecular complexity index is 986. The van der Waals surface area contributed by atoms with E-state index >= 15 is 0 Å². The molecule has 0 fully saturated rings. The summed E-state index contributed by atoms with van der Waals surface area (Å²) in [6.45, 7) is 4.12. The average Bonchev–Trinajstić information content (AvgIpc) is 2.75. The van der Waals surface area contributed by atoms with Crippen molar-refractivity contribution in [3.63, 3.8) is 0 Å². The molecule has 33 heavy (non-hydrogen) atoms. The molecule has 0 spiro atoms. The number of rotatable bonds is 7.